The average Bonchev–Trinajstić information content (AvgIpc) is 3.26. The summed E-state index contributed by atoms with van der Waals surface area (Å²) < 4.78 is 16.1. The predicted octanol–water partition coefficient (Wildman–Crippen LogP) is 4.02. The Morgan fingerprint density at radius 3 is 2.89 bits per heavy atom. The van der Waals surface area contributed by atoms with Crippen molar-refractivity contribution < 1.29 is 18.7 Å². The minimum Gasteiger partial charge on any atom is -0.493 e. The minimum atomic E-state index is -0.106. The van der Waals surface area contributed by atoms with Gasteiger partial charge in [-0.15, -0.1) is 0 Å². The maximum atomic E-state index is 12.2. The smallest absolute Gasteiger partial charge is 0.224 e. The van der Waals surface area contributed by atoms with E-state index in [9.17, 15) is 4.79 Å². The maximum absolute atomic E-state index is 12.2. The minimum absolute atomic E-state index is 0.106. The first-order valence-corrected chi connectivity index (χ1v) is 8.69. The molecule has 1 heterocycles. The van der Waals surface area contributed by atoms with Crippen molar-refractivity contribution in [1.29, 1.82) is 5.26 Å². The summed E-state index contributed by atoms with van der Waals surface area (Å²) in [7, 11) is 1.52. The van der Waals surface area contributed by atoms with Gasteiger partial charge in [-0.1, -0.05) is 12.1 Å². The lowest BCUT2D eigenvalue weighted by Crippen LogP contribution is -2.13. The molecule has 0 aliphatic rings. The highest BCUT2D eigenvalue weighted by molar-refractivity contribution is 5.91. The van der Waals surface area contributed by atoms with Gasteiger partial charge in [-0.05, 0) is 30.7 Å². The van der Waals surface area contributed by atoms with Gasteiger partial charge in [0, 0.05) is 23.7 Å². The van der Waals surface area contributed by atoms with Crippen LogP contribution in [0.4, 0.5) is 5.69 Å². The van der Waals surface area contributed by atoms with Crippen molar-refractivity contribution in [3.05, 3.63) is 60.6 Å². The van der Waals surface area contributed by atoms with Crippen molar-refractivity contribution in [2.24, 2.45) is 0 Å². The van der Waals surface area contributed by atoms with Crippen LogP contribution in [0, 0.1) is 11.3 Å². The molecule has 0 aliphatic heterocycles. The van der Waals surface area contributed by atoms with Gasteiger partial charge in [-0.2, -0.15) is 5.26 Å². The summed E-state index contributed by atoms with van der Waals surface area (Å²) in [6.45, 7) is 0.355. The quantitative estimate of drug-likeness (QED) is 0.596. The number of nitrogens with one attached hydrogen (secondary N) is 1. The fraction of sp³-hybridized carbons (Fsp3) is 0.190. The number of anilines is 1. The van der Waals surface area contributed by atoms with Crippen LogP contribution in [0.3, 0.4) is 0 Å². The second-order valence-corrected chi connectivity index (χ2v) is 5.92. The van der Waals surface area contributed by atoms with Crippen LogP contribution < -0.4 is 14.8 Å². The Morgan fingerprint density at radius 2 is 2.14 bits per heavy atom. The molecule has 0 saturated carbocycles. The standard InChI is InChI=1S/C21H19N3O4/c1-26-19-10-15(12-22)7-8-18(19)27-9-3-6-21(25)24-17-5-2-4-16(11-17)20-13-23-14-28-20/h2,4-5,7-8,10-11,13-14H,3,6,9H2,1H3,(H,24,25). The Kier molecular flexibility index (Phi) is 6.26. The van der Waals surface area contributed by atoms with Gasteiger partial charge in [0.25, 0.3) is 0 Å². The third kappa shape index (κ3) is 4.89. The van der Waals surface area contributed by atoms with Crippen LogP contribution in [0.25, 0.3) is 11.3 Å². The highest BCUT2D eigenvalue weighted by atomic mass is 16.5. The zero-order valence-electron chi connectivity index (χ0n) is 15.3. The molecular weight excluding hydrogens is 358 g/mol. The summed E-state index contributed by atoms with van der Waals surface area (Å²) in [5, 5.41) is 11.8. The molecule has 7 heteroatoms. The number of nitriles is 1. The van der Waals surface area contributed by atoms with Crippen LogP contribution in [0.5, 0.6) is 11.5 Å². The normalized spacial score (nSPS) is 10.1. The van der Waals surface area contributed by atoms with Crippen LogP contribution in [0.1, 0.15) is 18.4 Å². The number of methoxy groups -OCH3 is 1. The summed E-state index contributed by atoms with van der Waals surface area (Å²) in [5.74, 6) is 1.57. The highest BCUT2D eigenvalue weighted by Crippen LogP contribution is 2.28. The third-order valence-corrected chi connectivity index (χ3v) is 3.96. The molecular formula is C21H19N3O4. The Bertz CT molecular complexity index is 978. The molecule has 0 atom stereocenters. The Balaban J connectivity index is 1.48. The lowest BCUT2D eigenvalue weighted by atomic mass is 10.1. The van der Waals surface area contributed by atoms with Crippen LogP contribution in [0.2, 0.25) is 0 Å². The highest BCUT2D eigenvalue weighted by Gasteiger charge is 2.08. The SMILES string of the molecule is COc1cc(C#N)ccc1OCCCC(=O)Nc1cccc(-c2cnco2)c1. The van der Waals surface area contributed by atoms with Crippen molar-refractivity contribution in [2.45, 2.75) is 12.8 Å². The molecule has 0 spiro atoms. The monoisotopic (exact) mass is 377 g/mol. The van der Waals surface area contributed by atoms with E-state index in [1.165, 1.54) is 13.5 Å². The summed E-state index contributed by atoms with van der Waals surface area (Å²) in [6.07, 6.45) is 3.83. The molecule has 0 bridgehead atoms. The van der Waals surface area contributed by atoms with E-state index >= 15 is 0 Å². The van der Waals surface area contributed by atoms with E-state index in [2.05, 4.69) is 10.3 Å². The molecule has 28 heavy (non-hydrogen) atoms. The first kappa shape index (κ1) is 19.0. The van der Waals surface area contributed by atoms with Crippen LogP contribution in [-0.2, 0) is 4.79 Å². The number of carbonyl (C=O) groups is 1. The van der Waals surface area contributed by atoms with Crippen LogP contribution >= 0.6 is 0 Å². The number of ether oxygens (including phenoxy) is 2. The second-order valence-electron chi connectivity index (χ2n) is 5.92. The van der Waals surface area contributed by atoms with Gasteiger partial charge in [0.1, 0.15) is 0 Å². The number of benzene rings is 2. The topological polar surface area (TPSA) is 97.4 Å². The molecule has 142 valence electrons. The Morgan fingerprint density at radius 1 is 1.25 bits per heavy atom. The molecule has 0 aliphatic carbocycles. The van der Waals surface area contributed by atoms with Crippen molar-refractivity contribution in [1.82, 2.24) is 4.98 Å². The number of oxazole rings is 1. The Labute approximate surface area is 162 Å². The van der Waals surface area contributed by atoms with E-state index in [1.807, 2.05) is 30.3 Å². The molecule has 2 aromatic carbocycles. The number of hydrogen-bond acceptors (Lipinski definition) is 6. The maximum Gasteiger partial charge on any atom is 0.224 e. The number of rotatable bonds is 8. The average molecular weight is 377 g/mol. The number of amides is 1. The van der Waals surface area contributed by atoms with Crippen molar-refractivity contribution in [3.8, 4) is 28.9 Å². The molecule has 1 amide bonds. The van der Waals surface area contributed by atoms with E-state index in [-0.39, 0.29) is 5.91 Å². The molecule has 3 aromatic rings. The predicted molar refractivity (Wildman–Crippen MR) is 103 cm³/mol. The number of carbonyl (C=O) groups excluding carboxylic acids is 1. The summed E-state index contributed by atoms with van der Waals surface area (Å²) in [4.78, 5) is 16.1. The number of hydrogen-bond donors (Lipinski definition) is 1. The van der Waals surface area contributed by atoms with E-state index in [1.54, 1.807) is 24.4 Å². The second kappa shape index (κ2) is 9.24. The van der Waals surface area contributed by atoms with E-state index in [0.717, 1.165) is 5.56 Å². The van der Waals surface area contributed by atoms with Gasteiger partial charge in [0.2, 0.25) is 5.91 Å². The molecule has 1 aromatic heterocycles. The molecule has 7 nitrogen and oxygen atoms in total. The first-order chi connectivity index (χ1) is 13.7. The third-order valence-electron chi connectivity index (χ3n) is 3.96. The molecule has 0 unspecified atom stereocenters. The van der Waals surface area contributed by atoms with E-state index in [0.29, 0.717) is 48.0 Å². The van der Waals surface area contributed by atoms with Crippen molar-refractivity contribution >= 4 is 11.6 Å². The number of nitrogens with zero attached hydrogens (tertiary/aromatic N) is 2. The molecule has 0 fully saturated rings. The Hall–Kier alpha value is -3.79. The van der Waals surface area contributed by atoms with Gasteiger partial charge in [-0.25, -0.2) is 4.98 Å². The summed E-state index contributed by atoms with van der Waals surface area (Å²) >= 11 is 0. The largest absolute Gasteiger partial charge is 0.493 e. The molecule has 0 radical (unpaired) electrons. The molecule has 3 rings (SSSR count). The van der Waals surface area contributed by atoms with Crippen molar-refractivity contribution in [2.75, 3.05) is 19.0 Å². The fourth-order valence-corrected chi connectivity index (χ4v) is 2.60. The van der Waals surface area contributed by atoms with Gasteiger partial charge in [-0.3, -0.25) is 4.79 Å². The summed E-state index contributed by atoms with van der Waals surface area (Å²) in [5.41, 5.74) is 2.02. The van der Waals surface area contributed by atoms with Crippen LogP contribution in [-0.4, -0.2) is 24.6 Å². The van der Waals surface area contributed by atoms with Gasteiger partial charge in [0.15, 0.2) is 23.7 Å². The zero-order valence-corrected chi connectivity index (χ0v) is 15.3. The fourth-order valence-electron chi connectivity index (χ4n) is 2.60. The van der Waals surface area contributed by atoms with Crippen molar-refractivity contribution in [3.63, 3.8) is 0 Å². The number of aromatic nitrogens is 1. The first-order valence-electron chi connectivity index (χ1n) is 8.69. The van der Waals surface area contributed by atoms with Crippen LogP contribution in [0.15, 0.2) is 59.5 Å². The van der Waals surface area contributed by atoms with Gasteiger partial charge < -0.3 is 19.2 Å². The lowest BCUT2D eigenvalue weighted by molar-refractivity contribution is -0.116. The summed E-state index contributed by atoms with van der Waals surface area (Å²) in [6, 6.07) is 14.4. The van der Waals surface area contributed by atoms with E-state index in [4.69, 9.17) is 19.2 Å². The zero-order chi connectivity index (χ0) is 19.8. The molecule has 0 saturated heterocycles. The lowest BCUT2D eigenvalue weighted by Gasteiger charge is -2.11. The van der Waals surface area contributed by atoms with Gasteiger partial charge >= 0.3 is 0 Å². The molecule has 1 N–H and O–H groups in total. The van der Waals surface area contributed by atoms with E-state index < -0.39 is 0 Å². The van der Waals surface area contributed by atoms with Gasteiger partial charge in [0.05, 0.1) is 31.5 Å².